The van der Waals surface area contributed by atoms with E-state index in [4.69, 9.17) is 25.6 Å². The van der Waals surface area contributed by atoms with E-state index in [0.29, 0.717) is 36.0 Å². The van der Waals surface area contributed by atoms with Gasteiger partial charge in [-0.15, -0.1) is 0 Å². The largest absolute Gasteiger partial charge is 0.490 e. The van der Waals surface area contributed by atoms with Crippen molar-refractivity contribution in [1.29, 1.82) is 0 Å². The smallest absolute Gasteiger partial charge is 0.229 e. The Morgan fingerprint density at radius 3 is 2.56 bits per heavy atom. The number of halogens is 1. The number of carbonyl (C=O) groups excluding carboxylic acids is 1. The van der Waals surface area contributed by atoms with E-state index in [-0.39, 0.29) is 23.6 Å². The first-order valence-electron chi connectivity index (χ1n) is 8.25. The molecule has 1 atom stereocenters. The number of aromatic nitrogens is 1. The second kappa shape index (κ2) is 8.76. The summed E-state index contributed by atoms with van der Waals surface area (Å²) in [4.78, 5) is 12.3. The maximum atomic E-state index is 12.3. The lowest BCUT2D eigenvalue weighted by atomic mass is 10.1. The van der Waals surface area contributed by atoms with Crippen molar-refractivity contribution in [2.24, 2.45) is 0 Å². The predicted octanol–water partition coefficient (Wildman–Crippen LogP) is 3.85. The quantitative estimate of drug-likeness (QED) is 0.768. The lowest BCUT2D eigenvalue weighted by Gasteiger charge is -2.17. The van der Waals surface area contributed by atoms with Crippen LogP contribution < -0.4 is 14.8 Å². The summed E-state index contributed by atoms with van der Waals surface area (Å²) < 4.78 is 16.1. The Balaban J connectivity index is 2.08. The SMILES string of the molecule is CCOc1ccc([C@@H](C)NC(=O)Cc2c(C)noc2Cl)cc1OCC. The zero-order valence-corrected chi connectivity index (χ0v) is 15.6. The van der Waals surface area contributed by atoms with Gasteiger partial charge in [-0.2, -0.15) is 0 Å². The maximum Gasteiger partial charge on any atom is 0.229 e. The van der Waals surface area contributed by atoms with Crippen molar-refractivity contribution < 1.29 is 18.8 Å². The van der Waals surface area contributed by atoms with Gasteiger partial charge < -0.3 is 19.3 Å². The Bertz CT molecular complexity index is 710. The van der Waals surface area contributed by atoms with Crippen molar-refractivity contribution in [3.05, 3.63) is 40.2 Å². The standard InChI is InChI=1S/C18H23ClN2O4/c1-5-23-15-8-7-13(9-16(15)24-6-2)11(3)20-17(22)10-14-12(4)21-25-18(14)19/h7-9,11H,5-6,10H2,1-4H3,(H,20,22)/t11-/m1/s1. The van der Waals surface area contributed by atoms with E-state index < -0.39 is 0 Å². The fourth-order valence-electron chi connectivity index (χ4n) is 2.43. The van der Waals surface area contributed by atoms with E-state index in [0.717, 1.165) is 5.56 Å². The molecule has 0 fully saturated rings. The number of nitrogens with one attached hydrogen (secondary N) is 1. The van der Waals surface area contributed by atoms with Crippen molar-refractivity contribution in [2.45, 2.75) is 40.2 Å². The van der Waals surface area contributed by atoms with Gasteiger partial charge >= 0.3 is 0 Å². The molecule has 0 aliphatic carbocycles. The summed E-state index contributed by atoms with van der Waals surface area (Å²) in [6.45, 7) is 8.59. The monoisotopic (exact) mass is 366 g/mol. The number of rotatable bonds is 8. The number of aryl methyl sites for hydroxylation is 1. The highest BCUT2D eigenvalue weighted by Gasteiger charge is 2.18. The molecule has 0 aliphatic rings. The molecule has 0 spiro atoms. The molecule has 1 amide bonds. The number of carbonyl (C=O) groups is 1. The van der Waals surface area contributed by atoms with Crippen molar-refractivity contribution in [3.8, 4) is 11.5 Å². The topological polar surface area (TPSA) is 73.6 Å². The number of hydrogen-bond acceptors (Lipinski definition) is 5. The lowest BCUT2D eigenvalue weighted by Crippen LogP contribution is -2.28. The third-order valence-corrected chi connectivity index (χ3v) is 4.02. The third kappa shape index (κ3) is 4.89. The van der Waals surface area contributed by atoms with E-state index in [1.807, 2.05) is 39.0 Å². The van der Waals surface area contributed by atoms with E-state index in [9.17, 15) is 4.79 Å². The van der Waals surface area contributed by atoms with Gasteiger partial charge in [-0.1, -0.05) is 11.2 Å². The van der Waals surface area contributed by atoms with Crippen LogP contribution in [0.3, 0.4) is 0 Å². The first-order chi connectivity index (χ1) is 12.0. The van der Waals surface area contributed by atoms with Gasteiger partial charge in [-0.05, 0) is 57.0 Å². The summed E-state index contributed by atoms with van der Waals surface area (Å²) in [7, 11) is 0. The minimum absolute atomic E-state index is 0.119. The molecular formula is C18H23ClN2O4. The van der Waals surface area contributed by atoms with Gasteiger partial charge in [0, 0.05) is 5.56 Å². The highest BCUT2D eigenvalue weighted by molar-refractivity contribution is 6.29. The molecule has 7 heteroatoms. The van der Waals surface area contributed by atoms with Crippen molar-refractivity contribution in [1.82, 2.24) is 10.5 Å². The van der Waals surface area contributed by atoms with Crippen LogP contribution in [0.1, 0.15) is 43.6 Å². The minimum Gasteiger partial charge on any atom is -0.490 e. The number of amides is 1. The minimum atomic E-state index is -0.193. The fourth-order valence-corrected chi connectivity index (χ4v) is 2.67. The zero-order valence-electron chi connectivity index (χ0n) is 14.9. The second-order valence-electron chi connectivity index (χ2n) is 5.56. The number of nitrogens with zero attached hydrogens (tertiary/aromatic N) is 1. The molecule has 0 aliphatic heterocycles. The predicted molar refractivity (Wildman–Crippen MR) is 95.3 cm³/mol. The van der Waals surface area contributed by atoms with Gasteiger partial charge in [0.15, 0.2) is 11.5 Å². The average Bonchev–Trinajstić information content (AvgIpc) is 2.88. The van der Waals surface area contributed by atoms with E-state index >= 15 is 0 Å². The van der Waals surface area contributed by atoms with E-state index in [1.54, 1.807) is 6.92 Å². The van der Waals surface area contributed by atoms with Gasteiger partial charge in [0.2, 0.25) is 11.1 Å². The van der Waals surface area contributed by atoms with E-state index in [1.165, 1.54) is 0 Å². The molecule has 0 saturated heterocycles. The molecule has 2 aromatic rings. The Morgan fingerprint density at radius 2 is 1.96 bits per heavy atom. The summed E-state index contributed by atoms with van der Waals surface area (Å²) in [6.07, 6.45) is 0.119. The van der Waals surface area contributed by atoms with Crippen LogP contribution in [-0.4, -0.2) is 24.3 Å². The van der Waals surface area contributed by atoms with E-state index in [2.05, 4.69) is 10.5 Å². The first-order valence-corrected chi connectivity index (χ1v) is 8.63. The maximum absolute atomic E-state index is 12.3. The van der Waals surface area contributed by atoms with Crippen LogP contribution in [0.5, 0.6) is 11.5 Å². The van der Waals surface area contributed by atoms with Crippen LogP contribution in [0.2, 0.25) is 5.22 Å². The van der Waals surface area contributed by atoms with Gasteiger partial charge in [0.1, 0.15) is 0 Å². The Hall–Kier alpha value is -2.21. The van der Waals surface area contributed by atoms with Crippen LogP contribution in [0.4, 0.5) is 0 Å². The van der Waals surface area contributed by atoms with Crippen molar-refractivity contribution in [3.63, 3.8) is 0 Å². The number of hydrogen-bond donors (Lipinski definition) is 1. The van der Waals surface area contributed by atoms with Gasteiger partial charge in [0.05, 0.1) is 31.4 Å². The molecule has 136 valence electrons. The molecule has 1 aromatic carbocycles. The highest BCUT2D eigenvalue weighted by Crippen LogP contribution is 2.30. The Morgan fingerprint density at radius 1 is 1.28 bits per heavy atom. The molecule has 0 bridgehead atoms. The summed E-state index contributed by atoms with van der Waals surface area (Å²) in [5, 5.41) is 6.85. The lowest BCUT2D eigenvalue weighted by molar-refractivity contribution is -0.121. The van der Waals surface area contributed by atoms with Crippen LogP contribution in [0, 0.1) is 6.92 Å². The zero-order chi connectivity index (χ0) is 18.4. The summed E-state index contributed by atoms with van der Waals surface area (Å²) in [5.74, 6) is 1.20. The molecule has 0 saturated carbocycles. The van der Waals surface area contributed by atoms with Crippen molar-refractivity contribution in [2.75, 3.05) is 13.2 Å². The summed E-state index contributed by atoms with van der Waals surface area (Å²) in [5.41, 5.74) is 2.15. The summed E-state index contributed by atoms with van der Waals surface area (Å²) >= 11 is 5.91. The molecule has 1 aromatic heterocycles. The molecule has 25 heavy (non-hydrogen) atoms. The average molecular weight is 367 g/mol. The number of ether oxygens (including phenoxy) is 2. The van der Waals surface area contributed by atoms with Crippen LogP contribution in [0.25, 0.3) is 0 Å². The van der Waals surface area contributed by atoms with Gasteiger partial charge in [-0.3, -0.25) is 4.79 Å². The third-order valence-electron chi connectivity index (χ3n) is 3.72. The fraction of sp³-hybridized carbons (Fsp3) is 0.444. The van der Waals surface area contributed by atoms with Gasteiger partial charge in [0.25, 0.3) is 0 Å². The van der Waals surface area contributed by atoms with Crippen molar-refractivity contribution >= 4 is 17.5 Å². The van der Waals surface area contributed by atoms with Crippen LogP contribution in [-0.2, 0) is 11.2 Å². The first kappa shape index (κ1) is 19.1. The molecule has 1 N–H and O–H groups in total. The summed E-state index contributed by atoms with van der Waals surface area (Å²) in [6, 6.07) is 5.46. The molecule has 0 radical (unpaired) electrons. The van der Waals surface area contributed by atoms with Crippen LogP contribution in [0.15, 0.2) is 22.7 Å². The van der Waals surface area contributed by atoms with Gasteiger partial charge in [-0.25, -0.2) is 0 Å². The number of benzene rings is 1. The normalized spacial score (nSPS) is 11.9. The Kier molecular flexibility index (Phi) is 6.70. The van der Waals surface area contributed by atoms with Crippen LogP contribution >= 0.6 is 11.6 Å². The molecule has 2 rings (SSSR count). The highest BCUT2D eigenvalue weighted by atomic mass is 35.5. The molecular weight excluding hydrogens is 344 g/mol. The molecule has 0 unspecified atom stereocenters. The second-order valence-corrected chi connectivity index (χ2v) is 5.90. The molecule has 6 nitrogen and oxygen atoms in total. The Labute approximate surface area is 152 Å². The molecule has 1 heterocycles.